The van der Waals surface area contributed by atoms with Crippen molar-refractivity contribution in [3.05, 3.63) is 181 Å². The molecule has 0 spiro atoms. The minimum absolute atomic E-state index is 0.345. The molecule has 4 nitrogen and oxygen atoms in total. The van der Waals surface area contributed by atoms with E-state index in [-0.39, 0.29) is 0 Å². The van der Waals surface area contributed by atoms with Crippen molar-refractivity contribution in [1.29, 1.82) is 5.41 Å². The van der Waals surface area contributed by atoms with Crippen LogP contribution < -0.4 is 5.43 Å². The van der Waals surface area contributed by atoms with Gasteiger partial charge in [0.05, 0.1) is 11.4 Å². The summed E-state index contributed by atoms with van der Waals surface area (Å²) in [5.41, 5.74) is 11.2. The third kappa shape index (κ3) is 5.07. The van der Waals surface area contributed by atoms with Crippen molar-refractivity contribution < 1.29 is 0 Å². The first-order valence-electron chi connectivity index (χ1n) is 16.4. The van der Waals surface area contributed by atoms with Crippen LogP contribution in [0, 0.1) is 5.41 Å². The summed E-state index contributed by atoms with van der Waals surface area (Å²) in [5, 5.41) is 23.9. The predicted molar refractivity (Wildman–Crippen MR) is 207 cm³/mol. The summed E-state index contributed by atoms with van der Waals surface area (Å²) in [5.74, 6) is 0. The van der Waals surface area contributed by atoms with E-state index in [0.29, 0.717) is 11.4 Å². The molecule has 0 saturated carbocycles. The smallest absolute Gasteiger partial charge is 0.116 e. The number of rotatable bonds is 5. The van der Waals surface area contributed by atoms with Crippen LogP contribution in [0.4, 0.5) is 5.69 Å². The highest BCUT2D eigenvalue weighted by Gasteiger charge is 2.24. The fourth-order valence-electron chi connectivity index (χ4n) is 7.11. The molecule has 4 heteroatoms. The van der Waals surface area contributed by atoms with E-state index in [9.17, 15) is 5.41 Å². The van der Waals surface area contributed by atoms with Gasteiger partial charge in [0.2, 0.25) is 0 Å². The summed E-state index contributed by atoms with van der Waals surface area (Å²) in [7, 11) is 0. The van der Waals surface area contributed by atoms with E-state index in [1.54, 1.807) is 6.20 Å². The highest BCUT2D eigenvalue weighted by molar-refractivity contribution is 6.63. The SMILES string of the molecule is N=C1C=C(c2cc3ccccc3c3ccccc23)C=C(c2cc3ccccc3c3ccccc23)/C1=N/Nc1cccc(-c2cccnc2)c1. The van der Waals surface area contributed by atoms with E-state index in [1.165, 1.54) is 26.9 Å². The maximum absolute atomic E-state index is 9.49. The van der Waals surface area contributed by atoms with Crippen molar-refractivity contribution in [1.82, 2.24) is 4.98 Å². The van der Waals surface area contributed by atoms with E-state index in [2.05, 4.69) is 138 Å². The van der Waals surface area contributed by atoms with Gasteiger partial charge >= 0.3 is 0 Å². The molecule has 0 amide bonds. The Balaban J connectivity index is 1.25. The Bertz CT molecular complexity index is 2700. The highest BCUT2D eigenvalue weighted by Crippen LogP contribution is 2.39. The molecule has 0 atom stereocenters. The average Bonchev–Trinajstić information content (AvgIpc) is 3.17. The van der Waals surface area contributed by atoms with Gasteiger partial charge < -0.3 is 0 Å². The maximum Gasteiger partial charge on any atom is 0.116 e. The molecule has 9 rings (SSSR count). The first-order valence-corrected chi connectivity index (χ1v) is 16.4. The van der Waals surface area contributed by atoms with E-state index in [0.717, 1.165) is 55.2 Å². The molecule has 49 heavy (non-hydrogen) atoms. The van der Waals surface area contributed by atoms with Crippen molar-refractivity contribution >= 4 is 71.3 Å². The van der Waals surface area contributed by atoms with Gasteiger partial charge in [-0.05, 0) is 108 Å². The largest absolute Gasteiger partial charge is 0.299 e. The van der Waals surface area contributed by atoms with Crippen molar-refractivity contribution in [3.63, 3.8) is 0 Å². The summed E-state index contributed by atoms with van der Waals surface area (Å²) in [6, 6.07) is 50.7. The van der Waals surface area contributed by atoms with Gasteiger partial charge in [-0.25, -0.2) is 0 Å². The summed E-state index contributed by atoms with van der Waals surface area (Å²) < 4.78 is 0. The van der Waals surface area contributed by atoms with E-state index >= 15 is 0 Å². The predicted octanol–water partition coefficient (Wildman–Crippen LogP) is 11.3. The zero-order chi connectivity index (χ0) is 32.7. The van der Waals surface area contributed by atoms with Gasteiger partial charge in [-0.2, -0.15) is 5.10 Å². The Morgan fingerprint density at radius 3 is 1.78 bits per heavy atom. The van der Waals surface area contributed by atoms with Crippen molar-refractivity contribution in [2.24, 2.45) is 5.10 Å². The van der Waals surface area contributed by atoms with Gasteiger partial charge in [-0.1, -0.05) is 115 Å². The third-order valence-electron chi connectivity index (χ3n) is 9.40. The minimum atomic E-state index is 0.345. The molecule has 0 aliphatic heterocycles. The number of anilines is 1. The van der Waals surface area contributed by atoms with Crippen molar-refractivity contribution in [2.45, 2.75) is 0 Å². The second-order valence-electron chi connectivity index (χ2n) is 12.3. The van der Waals surface area contributed by atoms with E-state index in [1.807, 2.05) is 36.5 Å². The quantitative estimate of drug-likeness (QED) is 0.113. The molecule has 7 aromatic carbocycles. The van der Waals surface area contributed by atoms with Crippen molar-refractivity contribution in [3.8, 4) is 11.1 Å². The Morgan fingerprint density at radius 2 is 1.10 bits per heavy atom. The number of nitrogens with zero attached hydrogens (tertiary/aromatic N) is 2. The fourth-order valence-corrected chi connectivity index (χ4v) is 7.11. The van der Waals surface area contributed by atoms with E-state index < -0.39 is 0 Å². The molecule has 1 heterocycles. The number of fused-ring (bicyclic) bond motifs is 6. The number of nitrogens with one attached hydrogen (secondary N) is 2. The van der Waals surface area contributed by atoms with Gasteiger partial charge in [0, 0.05) is 23.5 Å². The molecule has 0 bridgehead atoms. The number of pyridine rings is 1. The van der Waals surface area contributed by atoms with Crippen LogP contribution in [0.15, 0.2) is 175 Å². The van der Waals surface area contributed by atoms with Crippen LogP contribution >= 0.6 is 0 Å². The van der Waals surface area contributed by atoms with Gasteiger partial charge in [0.1, 0.15) is 5.71 Å². The Morgan fingerprint density at radius 1 is 0.510 bits per heavy atom. The number of allylic oxidation sites excluding steroid dienone is 4. The van der Waals surface area contributed by atoms with Gasteiger partial charge in [0.15, 0.2) is 0 Å². The average molecular weight is 627 g/mol. The fraction of sp³-hybridized carbons (Fsp3) is 0. The molecule has 230 valence electrons. The molecule has 8 aromatic rings. The first kappa shape index (κ1) is 28.6. The molecule has 1 aliphatic carbocycles. The number of hydrogen-bond acceptors (Lipinski definition) is 4. The lowest BCUT2D eigenvalue weighted by Gasteiger charge is -2.21. The second kappa shape index (κ2) is 11.9. The molecule has 1 aromatic heterocycles. The van der Waals surface area contributed by atoms with Crippen LogP contribution in [-0.2, 0) is 0 Å². The van der Waals surface area contributed by atoms with Crippen LogP contribution in [0.1, 0.15) is 11.1 Å². The van der Waals surface area contributed by atoms with Crippen LogP contribution in [0.2, 0.25) is 0 Å². The maximum atomic E-state index is 9.49. The molecular weight excluding hydrogens is 597 g/mol. The lowest BCUT2D eigenvalue weighted by molar-refractivity contribution is 1.32. The minimum Gasteiger partial charge on any atom is -0.299 e. The van der Waals surface area contributed by atoms with Gasteiger partial charge in [-0.15, -0.1) is 0 Å². The number of hydrazone groups is 1. The molecule has 2 N–H and O–H groups in total. The van der Waals surface area contributed by atoms with Crippen LogP contribution in [0.5, 0.6) is 0 Å². The van der Waals surface area contributed by atoms with Crippen LogP contribution in [-0.4, -0.2) is 16.4 Å². The highest BCUT2D eigenvalue weighted by atomic mass is 15.3. The normalized spacial score (nSPS) is 14.0. The zero-order valence-electron chi connectivity index (χ0n) is 26.6. The lowest BCUT2D eigenvalue weighted by atomic mass is 9.83. The first-order chi connectivity index (χ1) is 24.2. The Labute approximate surface area is 283 Å². The van der Waals surface area contributed by atoms with Crippen LogP contribution in [0.3, 0.4) is 0 Å². The lowest BCUT2D eigenvalue weighted by Crippen LogP contribution is -2.19. The monoisotopic (exact) mass is 626 g/mol. The van der Waals surface area contributed by atoms with Crippen molar-refractivity contribution in [2.75, 3.05) is 5.43 Å². The molecular formula is C45H30N4. The Kier molecular flexibility index (Phi) is 6.91. The second-order valence-corrected chi connectivity index (χ2v) is 12.3. The van der Waals surface area contributed by atoms with Gasteiger partial charge in [0.25, 0.3) is 0 Å². The summed E-state index contributed by atoms with van der Waals surface area (Å²) >= 11 is 0. The number of hydrogen-bond donors (Lipinski definition) is 2. The summed E-state index contributed by atoms with van der Waals surface area (Å²) in [6.45, 7) is 0. The molecule has 0 radical (unpaired) electrons. The van der Waals surface area contributed by atoms with E-state index in [4.69, 9.17) is 5.10 Å². The zero-order valence-corrected chi connectivity index (χ0v) is 26.6. The molecule has 0 saturated heterocycles. The molecule has 0 unspecified atom stereocenters. The Hall–Kier alpha value is -6.65. The number of benzene rings is 7. The summed E-state index contributed by atoms with van der Waals surface area (Å²) in [6.07, 6.45) is 7.81. The summed E-state index contributed by atoms with van der Waals surface area (Å²) in [4.78, 5) is 4.29. The molecule has 1 aliphatic rings. The third-order valence-corrected chi connectivity index (χ3v) is 9.40. The standard InChI is InChI=1S/C45H30N4/c46-44-27-33(41-24-30-11-1-3-16-35(30)37-18-5-7-20-39(37)41)26-43(42-25-31-12-2-4-17-36(31)38-19-6-8-21-40(38)42)45(44)49-48-34-15-9-13-29(23-34)32-14-10-22-47-28-32/h1-28,46,48H/b46-44?,49-45-. The van der Waals surface area contributed by atoms with Gasteiger partial charge in [-0.3, -0.25) is 15.8 Å². The number of aromatic nitrogens is 1. The molecule has 0 fully saturated rings. The van der Waals surface area contributed by atoms with Crippen LogP contribution in [0.25, 0.3) is 65.4 Å². The topological polar surface area (TPSA) is 61.1 Å².